The molecule has 3 nitrogen and oxygen atoms in total. The van der Waals surface area contributed by atoms with Crippen molar-refractivity contribution in [3.8, 4) is 0 Å². The van der Waals surface area contributed by atoms with Crippen LogP contribution in [-0.4, -0.2) is 17.6 Å². The van der Waals surface area contributed by atoms with Gasteiger partial charge < -0.3 is 10.4 Å². The van der Waals surface area contributed by atoms with Crippen LogP contribution in [0.1, 0.15) is 30.7 Å². The third-order valence-corrected chi connectivity index (χ3v) is 3.52. The molecule has 1 atom stereocenters. The molecule has 0 aliphatic carbocycles. The first-order valence-corrected chi connectivity index (χ1v) is 6.84. The van der Waals surface area contributed by atoms with Crippen LogP contribution in [0.4, 0.5) is 0 Å². The van der Waals surface area contributed by atoms with Gasteiger partial charge in [-0.2, -0.15) is 0 Å². The highest BCUT2D eigenvalue weighted by Crippen LogP contribution is 2.14. The number of carboxylic acids is 1. The Bertz CT molecular complexity index is 360. The summed E-state index contributed by atoms with van der Waals surface area (Å²) in [5.74, 6) is -0.566. The van der Waals surface area contributed by atoms with Crippen LogP contribution in [-0.2, 0) is 11.3 Å². The minimum atomic E-state index is -0.701. The Labute approximate surface area is 107 Å². The lowest BCUT2D eigenvalue weighted by molar-refractivity contribution is -0.142. The molecule has 0 aliphatic rings. The molecule has 1 heterocycles. The first kappa shape index (κ1) is 14.2. The number of carboxylic acid groups (broad SMARTS) is 1. The molecule has 0 aromatic carbocycles. The van der Waals surface area contributed by atoms with Gasteiger partial charge in [-0.3, -0.25) is 4.79 Å². The van der Waals surface area contributed by atoms with Gasteiger partial charge in [0, 0.05) is 18.0 Å². The fourth-order valence-electron chi connectivity index (χ4n) is 1.82. The fourth-order valence-corrected chi connectivity index (χ4v) is 2.53. The van der Waals surface area contributed by atoms with Crippen LogP contribution >= 0.6 is 11.3 Å². The lowest BCUT2D eigenvalue weighted by atomic mass is 9.97. The van der Waals surface area contributed by atoms with Crippen molar-refractivity contribution in [1.29, 1.82) is 0 Å². The topological polar surface area (TPSA) is 49.3 Å². The molecule has 1 unspecified atom stereocenters. The van der Waals surface area contributed by atoms with E-state index in [-0.39, 0.29) is 5.92 Å². The van der Waals surface area contributed by atoms with Crippen molar-refractivity contribution in [3.63, 3.8) is 0 Å². The molecule has 4 heteroatoms. The van der Waals surface area contributed by atoms with Crippen molar-refractivity contribution >= 4 is 17.3 Å². The molecule has 1 rings (SSSR count). The van der Waals surface area contributed by atoms with E-state index in [1.165, 1.54) is 10.4 Å². The van der Waals surface area contributed by atoms with Gasteiger partial charge in [-0.1, -0.05) is 13.8 Å². The van der Waals surface area contributed by atoms with Gasteiger partial charge in [0.15, 0.2) is 0 Å². The van der Waals surface area contributed by atoms with Gasteiger partial charge in [-0.05, 0) is 36.3 Å². The molecule has 1 aromatic rings. The van der Waals surface area contributed by atoms with Crippen LogP contribution < -0.4 is 5.32 Å². The molecule has 0 radical (unpaired) electrons. The van der Waals surface area contributed by atoms with Crippen LogP contribution in [0, 0.1) is 18.8 Å². The summed E-state index contributed by atoms with van der Waals surface area (Å²) in [5.41, 5.74) is 1.24. The Hall–Kier alpha value is -0.870. The summed E-state index contributed by atoms with van der Waals surface area (Å²) in [6, 6.07) is 2.13. The monoisotopic (exact) mass is 255 g/mol. The van der Waals surface area contributed by atoms with Crippen LogP contribution in [0.15, 0.2) is 11.4 Å². The molecular weight excluding hydrogens is 234 g/mol. The predicted octanol–water partition coefficient (Wildman–Crippen LogP) is 2.89. The second-order valence-corrected chi connectivity index (χ2v) is 5.98. The quantitative estimate of drug-likeness (QED) is 0.787. The van der Waals surface area contributed by atoms with Gasteiger partial charge in [0.1, 0.15) is 0 Å². The molecule has 0 spiro atoms. The summed E-state index contributed by atoms with van der Waals surface area (Å²) in [6.07, 6.45) is 0.727. The van der Waals surface area contributed by atoms with E-state index >= 15 is 0 Å². The Morgan fingerprint density at radius 3 is 2.71 bits per heavy atom. The highest BCUT2D eigenvalue weighted by atomic mass is 32.1. The highest BCUT2D eigenvalue weighted by molar-refractivity contribution is 7.10. The lowest BCUT2D eigenvalue weighted by Gasteiger charge is -2.15. The predicted molar refractivity (Wildman–Crippen MR) is 71.3 cm³/mol. The second-order valence-electron chi connectivity index (χ2n) is 4.86. The van der Waals surface area contributed by atoms with E-state index in [0.29, 0.717) is 12.5 Å². The molecule has 0 aliphatic heterocycles. The van der Waals surface area contributed by atoms with Gasteiger partial charge in [-0.15, -0.1) is 11.3 Å². The van der Waals surface area contributed by atoms with Crippen molar-refractivity contribution in [1.82, 2.24) is 5.32 Å². The third-order valence-electron chi connectivity index (χ3n) is 2.61. The van der Waals surface area contributed by atoms with E-state index < -0.39 is 5.97 Å². The Morgan fingerprint density at radius 1 is 1.53 bits per heavy atom. The molecular formula is C13H21NO2S. The number of thiophene rings is 1. The van der Waals surface area contributed by atoms with Crippen LogP contribution in [0.3, 0.4) is 0 Å². The number of aliphatic carboxylic acids is 1. The zero-order chi connectivity index (χ0) is 12.8. The first-order chi connectivity index (χ1) is 7.99. The van der Waals surface area contributed by atoms with E-state index in [4.69, 9.17) is 5.11 Å². The molecule has 0 saturated carbocycles. The Morgan fingerprint density at radius 2 is 2.24 bits per heavy atom. The smallest absolute Gasteiger partial charge is 0.307 e. The molecule has 0 fully saturated rings. The Kier molecular flexibility index (Phi) is 5.65. The van der Waals surface area contributed by atoms with Crippen molar-refractivity contribution < 1.29 is 9.90 Å². The number of nitrogens with one attached hydrogen (secondary N) is 1. The van der Waals surface area contributed by atoms with E-state index in [1.807, 2.05) is 0 Å². The van der Waals surface area contributed by atoms with Crippen molar-refractivity contribution in [2.24, 2.45) is 11.8 Å². The molecule has 1 aromatic heterocycles. The summed E-state index contributed by atoms with van der Waals surface area (Å²) in [4.78, 5) is 12.3. The molecule has 17 heavy (non-hydrogen) atoms. The van der Waals surface area contributed by atoms with Crippen LogP contribution in [0.5, 0.6) is 0 Å². The summed E-state index contributed by atoms with van der Waals surface area (Å²) < 4.78 is 0. The van der Waals surface area contributed by atoms with Crippen molar-refractivity contribution in [2.75, 3.05) is 6.54 Å². The average Bonchev–Trinajstić information content (AvgIpc) is 2.62. The van der Waals surface area contributed by atoms with Gasteiger partial charge in [-0.25, -0.2) is 0 Å². The zero-order valence-electron chi connectivity index (χ0n) is 10.7. The average molecular weight is 255 g/mol. The Balaban J connectivity index is 2.34. The van der Waals surface area contributed by atoms with Gasteiger partial charge >= 0.3 is 5.97 Å². The maximum atomic E-state index is 11.0. The fraction of sp³-hybridized carbons (Fsp3) is 0.615. The van der Waals surface area contributed by atoms with Crippen LogP contribution in [0.25, 0.3) is 0 Å². The van der Waals surface area contributed by atoms with Crippen molar-refractivity contribution in [3.05, 3.63) is 21.9 Å². The van der Waals surface area contributed by atoms with E-state index in [2.05, 4.69) is 37.5 Å². The number of rotatable bonds is 7. The molecule has 96 valence electrons. The second kappa shape index (κ2) is 6.77. The highest BCUT2D eigenvalue weighted by Gasteiger charge is 2.18. The van der Waals surface area contributed by atoms with E-state index in [9.17, 15) is 4.79 Å². The summed E-state index contributed by atoms with van der Waals surface area (Å²) in [7, 11) is 0. The SMILES string of the molecule is Cc1cc(CNCC(CC(C)C)C(=O)O)cs1. The molecule has 0 bridgehead atoms. The summed E-state index contributed by atoms with van der Waals surface area (Å²) >= 11 is 1.72. The first-order valence-electron chi connectivity index (χ1n) is 5.96. The molecule has 0 saturated heterocycles. The zero-order valence-corrected chi connectivity index (χ0v) is 11.5. The molecule has 2 N–H and O–H groups in total. The number of aryl methyl sites for hydroxylation is 1. The van der Waals surface area contributed by atoms with E-state index in [0.717, 1.165) is 13.0 Å². The normalized spacial score (nSPS) is 12.9. The minimum Gasteiger partial charge on any atom is -0.481 e. The summed E-state index contributed by atoms with van der Waals surface area (Å²) in [6.45, 7) is 7.48. The standard InChI is InChI=1S/C13H21NO2S/c1-9(2)4-12(13(15)16)7-14-6-11-5-10(3)17-8-11/h5,8-9,12,14H,4,6-7H2,1-3H3,(H,15,16). The maximum Gasteiger partial charge on any atom is 0.307 e. The molecule has 0 amide bonds. The third kappa shape index (κ3) is 5.33. The van der Waals surface area contributed by atoms with E-state index in [1.54, 1.807) is 11.3 Å². The minimum absolute atomic E-state index is 0.283. The number of carbonyl (C=O) groups is 1. The summed E-state index contributed by atoms with van der Waals surface area (Å²) in [5, 5.41) is 14.4. The van der Waals surface area contributed by atoms with Gasteiger partial charge in [0.05, 0.1) is 5.92 Å². The van der Waals surface area contributed by atoms with Crippen molar-refractivity contribution in [2.45, 2.75) is 33.7 Å². The largest absolute Gasteiger partial charge is 0.481 e. The number of hydrogen-bond acceptors (Lipinski definition) is 3. The van der Waals surface area contributed by atoms with Gasteiger partial charge in [0.2, 0.25) is 0 Å². The maximum absolute atomic E-state index is 11.0. The lowest BCUT2D eigenvalue weighted by Crippen LogP contribution is -2.29. The number of hydrogen-bond donors (Lipinski definition) is 2. The van der Waals surface area contributed by atoms with Gasteiger partial charge in [0.25, 0.3) is 0 Å². The van der Waals surface area contributed by atoms with Crippen LogP contribution in [0.2, 0.25) is 0 Å².